The van der Waals surface area contributed by atoms with Crippen LogP contribution in [0.25, 0.3) is 0 Å². The molecular formula is C13H19NO3S. The van der Waals surface area contributed by atoms with Crippen molar-refractivity contribution in [3.63, 3.8) is 0 Å². The standard InChI is InChI=1S/C13H19NO3S/c1-10(2)8-11-9-14(11)18(15,16)13-6-4-12(17-3)5-7-13/h4-7,10-11H,8-9H2,1-3H3. The van der Waals surface area contributed by atoms with E-state index in [0.717, 1.165) is 6.42 Å². The predicted octanol–water partition coefficient (Wildman–Crippen LogP) is 2.11. The topological polar surface area (TPSA) is 46.4 Å². The molecule has 0 aliphatic carbocycles. The highest BCUT2D eigenvalue weighted by atomic mass is 32.2. The third-order valence-corrected chi connectivity index (χ3v) is 5.01. The van der Waals surface area contributed by atoms with E-state index >= 15 is 0 Å². The zero-order valence-corrected chi connectivity index (χ0v) is 11.8. The van der Waals surface area contributed by atoms with Crippen molar-refractivity contribution in [3.8, 4) is 5.75 Å². The van der Waals surface area contributed by atoms with Crippen molar-refractivity contribution in [2.24, 2.45) is 5.92 Å². The van der Waals surface area contributed by atoms with Crippen molar-refractivity contribution in [1.29, 1.82) is 0 Å². The lowest BCUT2D eigenvalue weighted by Crippen LogP contribution is -2.15. The Hall–Kier alpha value is -1.07. The summed E-state index contributed by atoms with van der Waals surface area (Å²) in [6.45, 7) is 4.86. The van der Waals surface area contributed by atoms with Crippen LogP contribution in [0.5, 0.6) is 5.75 Å². The van der Waals surface area contributed by atoms with Crippen LogP contribution >= 0.6 is 0 Å². The molecule has 2 atom stereocenters. The molecule has 1 aliphatic heterocycles. The van der Waals surface area contributed by atoms with Gasteiger partial charge in [-0.1, -0.05) is 13.8 Å². The monoisotopic (exact) mass is 269 g/mol. The number of benzene rings is 1. The summed E-state index contributed by atoms with van der Waals surface area (Å²) in [5.41, 5.74) is 0. The van der Waals surface area contributed by atoms with Crippen LogP contribution in [0, 0.1) is 5.92 Å². The van der Waals surface area contributed by atoms with Gasteiger partial charge in [-0.25, -0.2) is 8.42 Å². The molecule has 0 bridgehead atoms. The number of hydrogen-bond acceptors (Lipinski definition) is 3. The molecule has 4 nitrogen and oxygen atoms in total. The summed E-state index contributed by atoms with van der Waals surface area (Å²) in [6.07, 6.45) is 0.926. The quantitative estimate of drug-likeness (QED) is 0.769. The molecule has 1 heterocycles. The van der Waals surface area contributed by atoms with E-state index in [-0.39, 0.29) is 6.04 Å². The molecule has 1 saturated heterocycles. The fraction of sp³-hybridized carbons (Fsp3) is 0.538. The van der Waals surface area contributed by atoms with Crippen LogP contribution in [0.15, 0.2) is 29.2 Å². The maximum absolute atomic E-state index is 12.3. The van der Waals surface area contributed by atoms with Crippen molar-refractivity contribution < 1.29 is 13.2 Å². The number of hydrogen-bond donors (Lipinski definition) is 0. The Balaban J connectivity index is 2.12. The van der Waals surface area contributed by atoms with E-state index in [4.69, 9.17) is 4.74 Å². The first-order valence-electron chi connectivity index (χ1n) is 6.11. The summed E-state index contributed by atoms with van der Waals surface area (Å²) in [5.74, 6) is 1.18. The minimum absolute atomic E-state index is 0.178. The lowest BCUT2D eigenvalue weighted by molar-refractivity contribution is 0.414. The lowest BCUT2D eigenvalue weighted by Gasteiger charge is -2.08. The Morgan fingerprint density at radius 1 is 1.33 bits per heavy atom. The van der Waals surface area contributed by atoms with Crippen molar-refractivity contribution in [2.75, 3.05) is 13.7 Å². The summed E-state index contributed by atoms with van der Waals surface area (Å²) >= 11 is 0. The number of nitrogens with zero attached hydrogens (tertiary/aromatic N) is 1. The van der Waals surface area contributed by atoms with E-state index in [1.807, 2.05) is 0 Å². The Kier molecular flexibility index (Phi) is 3.64. The smallest absolute Gasteiger partial charge is 0.243 e. The highest BCUT2D eigenvalue weighted by molar-refractivity contribution is 7.89. The van der Waals surface area contributed by atoms with Crippen molar-refractivity contribution in [3.05, 3.63) is 24.3 Å². The van der Waals surface area contributed by atoms with E-state index in [1.165, 1.54) is 0 Å². The number of methoxy groups -OCH3 is 1. The second kappa shape index (κ2) is 4.90. The van der Waals surface area contributed by atoms with Gasteiger partial charge in [0, 0.05) is 12.6 Å². The van der Waals surface area contributed by atoms with E-state index in [0.29, 0.717) is 23.1 Å². The van der Waals surface area contributed by atoms with Crippen LogP contribution in [-0.4, -0.2) is 32.4 Å². The molecular weight excluding hydrogens is 250 g/mol. The predicted molar refractivity (Wildman–Crippen MR) is 70.1 cm³/mol. The molecule has 0 spiro atoms. The summed E-state index contributed by atoms with van der Waals surface area (Å²) in [5, 5.41) is 0. The van der Waals surface area contributed by atoms with Crippen molar-refractivity contribution >= 4 is 10.0 Å². The fourth-order valence-corrected chi connectivity index (χ4v) is 3.67. The zero-order chi connectivity index (χ0) is 13.3. The molecule has 2 rings (SSSR count). The van der Waals surface area contributed by atoms with Crippen molar-refractivity contribution in [1.82, 2.24) is 4.31 Å². The van der Waals surface area contributed by atoms with Crippen molar-refractivity contribution in [2.45, 2.75) is 31.2 Å². The first kappa shape index (κ1) is 13.4. The SMILES string of the molecule is COc1ccc(S(=O)(=O)N2CC2CC(C)C)cc1. The van der Waals surface area contributed by atoms with Gasteiger partial charge in [-0.15, -0.1) is 0 Å². The van der Waals surface area contributed by atoms with E-state index in [1.54, 1.807) is 35.7 Å². The van der Waals surface area contributed by atoms with Crippen LogP contribution in [-0.2, 0) is 10.0 Å². The average Bonchev–Trinajstić information content (AvgIpc) is 3.08. The molecule has 0 saturated carbocycles. The Morgan fingerprint density at radius 3 is 2.44 bits per heavy atom. The second-order valence-electron chi connectivity index (χ2n) is 5.03. The first-order valence-corrected chi connectivity index (χ1v) is 7.55. The van der Waals surface area contributed by atoms with Gasteiger partial charge < -0.3 is 4.74 Å². The van der Waals surface area contributed by atoms with Crippen LogP contribution in [0.4, 0.5) is 0 Å². The Labute approximate surface area is 109 Å². The molecule has 18 heavy (non-hydrogen) atoms. The van der Waals surface area contributed by atoms with Crippen LogP contribution in [0.3, 0.4) is 0 Å². The molecule has 1 aliphatic rings. The molecule has 100 valence electrons. The molecule has 1 aromatic carbocycles. The van der Waals surface area contributed by atoms with Gasteiger partial charge in [0.1, 0.15) is 5.75 Å². The lowest BCUT2D eigenvalue weighted by atomic mass is 10.1. The number of rotatable bonds is 5. The van der Waals surface area contributed by atoms with Crippen LogP contribution in [0.2, 0.25) is 0 Å². The summed E-state index contributed by atoms with van der Waals surface area (Å²) < 4.78 is 31.1. The second-order valence-corrected chi connectivity index (χ2v) is 6.92. The maximum Gasteiger partial charge on any atom is 0.243 e. The Bertz CT molecular complexity index is 508. The number of ether oxygens (including phenoxy) is 1. The van der Waals surface area contributed by atoms with Gasteiger partial charge in [0.25, 0.3) is 0 Å². The van der Waals surface area contributed by atoms with E-state index in [2.05, 4.69) is 13.8 Å². The van der Waals surface area contributed by atoms with E-state index in [9.17, 15) is 8.42 Å². The highest BCUT2D eigenvalue weighted by Gasteiger charge is 2.44. The third kappa shape index (κ3) is 2.67. The molecule has 0 aromatic heterocycles. The molecule has 1 aromatic rings. The largest absolute Gasteiger partial charge is 0.497 e. The van der Waals surface area contributed by atoms with Gasteiger partial charge in [0.2, 0.25) is 10.0 Å². The Morgan fingerprint density at radius 2 is 1.94 bits per heavy atom. The minimum Gasteiger partial charge on any atom is -0.497 e. The van der Waals surface area contributed by atoms with Gasteiger partial charge in [-0.3, -0.25) is 0 Å². The molecule has 0 N–H and O–H groups in total. The minimum atomic E-state index is -3.31. The summed E-state index contributed by atoms with van der Waals surface area (Å²) in [6, 6.07) is 6.72. The highest BCUT2D eigenvalue weighted by Crippen LogP contribution is 2.32. The van der Waals surface area contributed by atoms with Gasteiger partial charge in [-0.2, -0.15) is 4.31 Å². The molecule has 0 amide bonds. The third-order valence-electron chi connectivity index (χ3n) is 3.07. The average molecular weight is 269 g/mol. The normalized spacial score (nSPS) is 23.1. The zero-order valence-electron chi connectivity index (χ0n) is 11.0. The molecule has 5 heteroatoms. The van der Waals surface area contributed by atoms with Crippen LogP contribution < -0.4 is 4.74 Å². The maximum atomic E-state index is 12.3. The van der Waals surface area contributed by atoms with E-state index < -0.39 is 10.0 Å². The summed E-state index contributed by atoms with van der Waals surface area (Å²) in [4.78, 5) is 0.342. The van der Waals surface area contributed by atoms with Gasteiger partial charge in [-0.05, 0) is 36.6 Å². The van der Waals surface area contributed by atoms with Crippen LogP contribution in [0.1, 0.15) is 20.3 Å². The fourth-order valence-electron chi connectivity index (χ4n) is 2.07. The molecule has 0 radical (unpaired) electrons. The molecule has 1 fully saturated rings. The van der Waals surface area contributed by atoms with Gasteiger partial charge in [0.15, 0.2) is 0 Å². The van der Waals surface area contributed by atoms with Gasteiger partial charge in [0.05, 0.1) is 12.0 Å². The number of sulfonamides is 1. The van der Waals surface area contributed by atoms with Gasteiger partial charge >= 0.3 is 0 Å². The molecule has 2 unspecified atom stereocenters. The summed E-state index contributed by atoms with van der Waals surface area (Å²) in [7, 11) is -1.75. The first-order chi connectivity index (χ1) is 8.45.